The third kappa shape index (κ3) is 3.86. The van der Waals surface area contributed by atoms with Crippen molar-refractivity contribution in [1.29, 1.82) is 0 Å². The van der Waals surface area contributed by atoms with Crippen molar-refractivity contribution in [1.82, 2.24) is 0 Å². The molecule has 1 aromatic carbocycles. The van der Waals surface area contributed by atoms with Crippen molar-refractivity contribution in [3.8, 4) is 0 Å². The predicted molar refractivity (Wildman–Crippen MR) is 80.4 cm³/mol. The molecule has 3 rings (SSSR count). The standard InChI is InChI=1S/C15H18O8S/c1-19-24(17,18)8-7-11-12-13(23-15(16)22-12)14(21-11)20-9-10-5-3-2-4-6-10/h2-6,11-14H,7-9H2,1H3/t11-,12-,13-,14-/m1/s1. The zero-order chi connectivity index (χ0) is 17.2. The molecule has 9 heteroatoms. The van der Waals surface area contributed by atoms with E-state index < -0.39 is 40.9 Å². The molecule has 8 nitrogen and oxygen atoms in total. The van der Waals surface area contributed by atoms with E-state index >= 15 is 0 Å². The average molecular weight is 358 g/mol. The van der Waals surface area contributed by atoms with Gasteiger partial charge >= 0.3 is 6.16 Å². The number of fused-ring (bicyclic) bond motifs is 1. The van der Waals surface area contributed by atoms with Gasteiger partial charge in [0.15, 0.2) is 18.5 Å². The van der Waals surface area contributed by atoms with Crippen molar-refractivity contribution in [2.24, 2.45) is 0 Å². The van der Waals surface area contributed by atoms with E-state index in [9.17, 15) is 13.2 Å². The molecule has 0 bridgehead atoms. The Kier molecular flexibility index (Phi) is 5.04. The second-order valence-electron chi connectivity index (χ2n) is 5.47. The lowest BCUT2D eigenvalue weighted by atomic mass is 10.1. The highest BCUT2D eigenvalue weighted by Gasteiger charge is 2.54. The summed E-state index contributed by atoms with van der Waals surface area (Å²) >= 11 is 0. The summed E-state index contributed by atoms with van der Waals surface area (Å²) in [5.41, 5.74) is 0.938. The van der Waals surface area contributed by atoms with Crippen molar-refractivity contribution < 1.29 is 36.3 Å². The van der Waals surface area contributed by atoms with Crippen LogP contribution in [0.1, 0.15) is 12.0 Å². The van der Waals surface area contributed by atoms with Crippen molar-refractivity contribution >= 4 is 16.3 Å². The Morgan fingerprint density at radius 2 is 1.83 bits per heavy atom. The van der Waals surface area contributed by atoms with E-state index in [-0.39, 0.29) is 18.8 Å². The van der Waals surface area contributed by atoms with Gasteiger partial charge in [0.1, 0.15) is 6.10 Å². The van der Waals surface area contributed by atoms with Crippen LogP contribution in [0.15, 0.2) is 30.3 Å². The van der Waals surface area contributed by atoms with Gasteiger partial charge in [-0.25, -0.2) is 4.79 Å². The molecule has 0 saturated carbocycles. The normalized spacial score (nSPS) is 29.1. The quantitative estimate of drug-likeness (QED) is 0.530. The molecule has 2 aliphatic heterocycles. The van der Waals surface area contributed by atoms with Crippen molar-refractivity contribution in [2.45, 2.75) is 37.6 Å². The molecule has 0 aromatic heterocycles. The Labute approximate surface area is 139 Å². The van der Waals surface area contributed by atoms with Crippen molar-refractivity contribution in [3.05, 3.63) is 35.9 Å². The van der Waals surface area contributed by atoms with Gasteiger partial charge in [-0.15, -0.1) is 0 Å². The lowest BCUT2D eigenvalue weighted by Crippen LogP contribution is -2.31. The molecule has 0 unspecified atom stereocenters. The van der Waals surface area contributed by atoms with Crippen LogP contribution < -0.4 is 0 Å². The minimum atomic E-state index is -3.62. The topological polar surface area (TPSA) is 97.4 Å². The van der Waals surface area contributed by atoms with Crippen LogP contribution in [-0.4, -0.2) is 52.0 Å². The van der Waals surface area contributed by atoms with Gasteiger partial charge in [0.25, 0.3) is 10.1 Å². The van der Waals surface area contributed by atoms with Crippen LogP contribution in [0.5, 0.6) is 0 Å². The van der Waals surface area contributed by atoms with E-state index in [1.54, 1.807) is 0 Å². The highest BCUT2D eigenvalue weighted by Crippen LogP contribution is 2.34. The molecule has 2 saturated heterocycles. The molecule has 0 radical (unpaired) electrons. The number of carbonyl (C=O) groups excluding carboxylic acids is 1. The first-order chi connectivity index (χ1) is 11.5. The number of carbonyl (C=O) groups is 1. The Morgan fingerprint density at radius 1 is 1.12 bits per heavy atom. The minimum Gasteiger partial charge on any atom is -0.424 e. The van der Waals surface area contributed by atoms with Crippen LogP contribution in [0.2, 0.25) is 0 Å². The summed E-state index contributed by atoms with van der Waals surface area (Å²) in [4.78, 5) is 11.4. The molecular weight excluding hydrogens is 340 g/mol. The van der Waals surface area contributed by atoms with Gasteiger partial charge in [-0.05, 0) is 12.0 Å². The minimum absolute atomic E-state index is 0.110. The highest BCUT2D eigenvalue weighted by atomic mass is 32.2. The average Bonchev–Trinajstić information content (AvgIpc) is 3.10. The smallest absolute Gasteiger partial charge is 0.424 e. The van der Waals surface area contributed by atoms with E-state index in [1.807, 2.05) is 30.3 Å². The third-order valence-electron chi connectivity index (χ3n) is 3.90. The molecule has 2 fully saturated rings. The van der Waals surface area contributed by atoms with E-state index in [1.165, 1.54) is 0 Å². The van der Waals surface area contributed by atoms with Crippen LogP contribution >= 0.6 is 0 Å². The first-order valence-electron chi connectivity index (χ1n) is 7.45. The van der Waals surface area contributed by atoms with Crippen LogP contribution in [0.25, 0.3) is 0 Å². The van der Waals surface area contributed by atoms with Gasteiger partial charge in [0.05, 0.1) is 19.5 Å². The summed E-state index contributed by atoms with van der Waals surface area (Å²) < 4.78 is 48.9. The molecule has 0 amide bonds. The molecule has 1 aromatic rings. The lowest BCUT2D eigenvalue weighted by Gasteiger charge is -2.17. The second-order valence-corrected chi connectivity index (χ2v) is 7.33. The van der Waals surface area contributed by atoms with Gasteiger partial charge < -0.3 is 18.9 Å². The molecule has 24 heavy (non-hydrogen) atoms. The van der Waals surface area contributed by atoms with Crippen LogP contribution in [0.4, 0.5) is 4.79 Å². The van der Waals surface area contributed by atoms with Crippen LogP contribution in [0, 0.1) is 0 Å². The number of benzene rings is 1. The molecule has 2 aliphatic rings. The fourth-order valence-corrected chi connectivity index (χ4v) is 3.36. The SMILES string of the molecule is COS(=O)(=O)CC[C@H]1O[C@@H](OCc2ccccc2)[C@@H]2OC(=O)O[C@@H]21. The van der Waals surface area contributed by atoms with E-state index in [0.29, 0.717) is 0 Å². The Hall–Kier alpha value is -1.68. The van der Waals surface area contributed by atoms with Gasteiger partial charge in [0.2, 0.25) is 0 Å². The fourth-order valence-electron chi connectivity index (χ4n) is 2.67. The summed E-state index contributed by atoms with van der Waals surface area (Å²) in [6.07, 6.45) is -3.54. The molecule has 4 atom stereocenters. The summed E-state index contributed by atoms with van der Waals surface area (Å²) in [6, 6.07) is 9.45. The first kappa shape index (κ1) is 17.2. The highest BCUT2D eigenvalue weighted by molar-refractivity contribution is 7.86. The van der Waals surface area contributed by atoms with Gasteiger partial charge in [-0.3, -0.25) is 4.18 Å². The largest absolute Gasteiger partial charge is 0.509 e. The van der Waals surface area contributed by atoms with Crippen LogP contribution in [-0.2, 0) is 39.9 Å². The predicted octanol–water partition coefficient (Wildman–Crippen LogP) is 1.20. The molecular formula is C15H18O8S. The maximum absolute atomic E-state index is 11.5. The second kappa shape index (κ2) is 7.06. The summed E-state index contributed by atoms with van der Waals surface area (Å²) in [7, 11) is -2.53. The number of hydrogen-bond acceptors (Lipinski definition) is 8. The maximum Gasteiger partial charge on any atom is 0.509 e. The molecule has 0 spiro atoms. The van der Waals surface area contributed by atoms with Crippen molar-refractivity contribution in [2.75, 3.05) is 12.9 Å². The molecule has 2 heterocycles. The van der Waals surface area contributed by atoms with Crippen molar-refractivity contribution in [3.63, 3.8) is 0 Å². The van der Waals surface area contributed by atoms with E-state index in [0.717, 1.165) is 12.7 Å². The monoisotopic (exact) mass is 358 g/mol. The van der Waals surface area contributed by atoms with Gasteiger partial charge in [0, 0.05) is 0 Å². The van der Waals surface area contributed by atoms with Gasteiger partial charge in [-0.1, -0.05) is 30.3 Å². The number of rotatable bonds is 7. The number of ether oxygens (including phenoxy) is 4. The Bertz CT molecular complexity index is 674. The summed E-state index contributed by atoms with van der Waals surface area (Å²) in [5, 5.41) is 0. The molecule has 0 aliphatic carbocycles. The van der Waals surface area contributed by atoms with E-state index in [2.05, 4.69) is 4.18 Å². The zero-order valence-electron chi connectivity index (χ0n) is 13.0. The summed E-state index contributed by atoms with van der Waals surface area (Å²) in [6.45, 7) is 0.273. The van der Waals surface area contributed by atoms with Gasteiger partial charge in [-0.2, -0.15) is 8.42 Å². The first-order valence-corrected chi connectivity index (χ1v) is 9.03. The molecule has 0 N–H and O–H groups in total. The zero-order valence-corrected chi connectivity index (χ0v) is 13.8. The lowest BCUT2D eigenvalue weighted by molar-refractivity contribution is -0.173. The number of hydrogen-bond donors (Lipinski definition) is 0. The van der Waals surface area contributed by atoms with Crippen LogP contribution in [0.3, 0.4) is 0 Å². The third-order valence-corrected chi connectivity index (χ3v) is 5.14. The Balaban J connectivity index is 1.62. The van der Waals surface area contributed by atoms with E-state index in [4.69, 9.17) is 18.9 Å². The molecule has 132 valence electrons. The Morgan fingerprint density at radius 3 is 2.54 bits per heavy atom. The summed E-state index contributed by atoms with van der Waals surface area (Å²) in [5.74, 6) is -0.250. The maximum atomic E-state index is 11.5. The fraction of sp³-hybridized carbons (Fsp3) is 0.533.